The summed E-state index contributed by atoms with van der Waals surface area (Å²) in [6, 6.07) is 0. The van der Waals surface area contributed by atoms with Crippen molar-refractivity contribution in [3.8, 4) is 0 Å². The normalized spacial score (nSPS) is 13.1. The van der Waals surface area contributed by atoms with Crippen molar-refractivity contribution in [1.82, 2.24) is 0 Å². The van der Waals surface area contributed by atoms with E-state index in [9.17, 15) is 19.2 Å². The van der Waals surface area contributed by atoms with Crippen LogP contribution in [0.3, 0.4) is 0 Å². The van der Waals surface area contributed by atoms with Crippen LogP contribution >= 0.6 is 0 Å². The fourth-order valence-electron chi connectivity index (χ4n) is 1.46. The number of carboxylic acid groups (broad SMARTS) is 2. The molecule has 0 aliphatic carbocycles. The lowest BCUT2D eigenvalue weighted by molar-refractivity contribution is -0.185. The molecule has 0 aromatic carbocycles. The van der Waals surface area contributed by atoms with E-state index in [4.69, 9.17) is 14.9 Å². The summed E-state index contributed by atoms with van der Waals surface area (Å²) < 4.78 is 9.33. The van der Waals surface area contributed by atoms with Crippen LogP contribution in [0, 0.1) is 0 Å². The summed E-state index contributed by atoms with van der Waals surface area (Å²) in [6.07, 6.45) is -0.503. The number of hydrogen-bond donors (Lipinski definition) is 2. The highest BCUT2D eigenvalue weighted by molar-refractivity contribution is 5.90. The second kappa shape index (κ2) is 8.13. The second-order valence-electron chi connectivity index (χ2n) is 4.21. The molecule has 0 saturated heterocycles. The Balaban J connectivity index is 4.98. The lowest BCUT2D eigenvalue weighted by Gasteiger charge is -2.26. The van der Waals surface area contributed by atoms with Crippen LogP contribution in [0.1, 0.15) is 39.5 Å². The average Bonchev–Trinajstić information content (AvgIpc) is 2.26. The lowest BCUT2D eigenvalue weighted by Crippen LogP contribution is -2.47. The van der Waals surface area contributed by atoms with Crippen LogP contribution in [-0.2, 0) is 28.7 Å². The van der Waals surface area contributed by atoms with Crippen LogP contribution in [0.25, 0.3) is 0 Å². The van der Waals surface area contributed by atoms with E-state index in [0.717, 1.165) is 13.3 Å². The molecule has 0 bridgehead atoms. The number of carbonyl (C=O) groups is 4. The SMILES string of the molecule is CCCCOC(=O)CC(CC(=O)O)(OC(C)=O)C(=O)O. The number of unbranched alkanes of at least 4 members (excludes halogenated alkanes) is 1. The summed E-state index contributed by atoms with van der Waals surface area (Å²) in [4.78, 5) is 44.4. The van der Waals surface area contributed by atoms with Crippen LogP contribution in [0.15, 0.2) is 0 Å². The van der Waals surface area contributed by atoms with Crippen molar-refractivity contribution in [2.75, 3.05) is 6.61 Å². The van der Waals surface area contributed by atoms with Gasteiger partial charge in [0.1, 0.15) is 0 Å². The van der Waals surface area contributed by atoms with Gasteiger partial charge in [0.25, 0.3) is 0 Å². The Morgan fingerprint density at radius 1 is 1.10 bits per heavy atom. The van der Waals surface area contributed by atoms with Crippen molar-refractivity contribution < 1.29 is 38.9 Å². The van der Waals surface area contributed by atoms with Gasteiger partial charge in [-0.3, -0.25) is 14.4 Å². The first-order valence-corrected chi connectivity index (χ1v) is 6.04. The van der Waals surface area contributed by atoms with Crippen LogP contribution in [0.2, 0.25) is 0 Å². The Morgan fingerprint density at radius 3 is 2.10 bits per heavy atom. The van der Waals surface area contributed by atoms with E-state index < -0.39 is 42.3 Å². The Labute approximate surface area is 115 Å². The minimum atomic E-state index is -2.44. The maximum atomic E-state index is 11.5. The summed E-state index contributed by atoms with van der Waals surface area (Å²) >= 11 is 0. The fraction of sp³-hybridized carbons (Fsp3) is 0.667. The smallest absolute Gasteiger partial charge is 0.349 e. The van der Waals surface area contributed by atoms with Crippen molar-refractivity contribution in [2.24, 2.45) is 0 Å². The van der Waals surface area contributed by atoms with E-state index in [1.165, 1.54) is 0 Å². The average molecular weight is 290 g/mol. The monoisotopic (exact) mass is 290 g/mol. The number of hydrogen-bond acceptors (Lipinski definition) is 6. The number of ether oxygens (including phenoxy) is 2. The molecule has 8 nitrogen and oxygen atoms in total. The Kier molecular flexibility index (Phi) is 7.27. The predicted molar refractivity (Wildman–Crippen MR) is 64.9 cm³/mol. The summed E-state index contributed by atoms with van der Waals surface area (Å²) in [5.74, 6) is -5.13. The first-order chi connectivity index (χ1) is 9.23. The van der Waals surface area contributed by atoms with E-state index in [1.807, 2.05) is 6.92 Å². The van der Waals surface area contributed by atoms with Crippen LogP contribution < -0.4 is 0 Å². The van der Waals surface area contributed by atoms with Gasteiger partial charge in [-0.2, -0.15) is 0 Å². The third-order valence-corrected chi connectivity index (χ3v) is 2.36. The maximum absolute atomic E-state index is 11.5. The van der Waals surface area contributed by atoms with E-state index in [2.05, 4.69) is 4.74 Å². The highest BCUT2D eigenvalue weighted by atomic mass is 16.6. The summed E-state index contributed by atoms with van der Waals surface area (Å²) in [5, 5.41) is 17.8. The highest BCUT2D eigenvalue weighted by Gasteiger charge is 2.47. The minimum absolute atomic E-state index is 0.0954. The third-order valence-electron chi connectivity index (χ3n) is 2.36. The summed E-state index contributed by atoms with van der Waals surface area (Å²) in [5.41, 5.74) is -2.44. The van der Waals surface area contributed by atoms with Gasteiger partial charge in [-0.05, 0) is 6.42 Å². The Bertz CT molecular complexity index is 371. The molecule has 20 heavy (non-hydrogen) atoms. The van der Waals surface area contributed by atoms with Gasteiger partial charge < -0.3 is 19.7 Å². The molecule has 0 saturated carbocycles. The van der Waals surface area contributed by atoms with Gasteiger partial charge in [0.2, 0.25) is 5.60 Å². The van der Waals surface area contributed by atoms with Crippen molar-refractivity contribution in [3.05, 3.63) is 0 Å². The molecular weight excluding hydrogens is 272 g/mol. The van der Waals surface area contributed by atoms with Crippen LogP contribution in [-0.4, -0.2) is 46.3 Å². The molecule has 0 rings (SSSR count). The molecule has 0 aliphatic heterocycles. The summed E-state index contributed by atoms with van der Waals surface area (Å²) in [7, 11) is 0. The molecule has 1 atom stereocenters. The quantitative estimate of drug-likeness (QED) is 0.466. The van der Waals surface area contributed by atoms with Gasteiger partial charge in [0.05, 0.1) is 19.4 Å². The van der Waals surface area contributed by atoms with Gasteiger partial charge in [-0.1, -0.05) is 13.3 Å². The van der Waals surface area contributed by atoms with Gasteiger partial charge in [-0.15, -0.1) is 0 Å². The standard InChI is InChI=1S/C12H18O8/c1-3-4-5-19-10(16)7-12(11(17)18,6-9(14)15)20-8(2)13/h3-7H2,1-2H3,(H,14,15)(H,17,18). The van der Waals surface area contributed by atoms with Gasteiger partial charge in [0.15, 0.2) is 0 Å². The van der Waals surface area contributed by atoms with Gasteiger partial charge >= 0.3 is 23.9 Å². The van der Waals surface area contributed by atoms with Crippen molar-refractivity contribution in [3.63, 3.8) is 0 Å². The van der Waals surface area contributed by atoms with Crippen LogP contribution in [0.4, 0.5) is 0 Å². The first-order valence-electron chi connectivity index (χ1n) is 6.04. The molecular formula is C12H18O8. The van der Waals surface area contributed by atoms with E-state index in [1.54, 1.807) is 0 Å². The van der Waals surface area contributed by atoms with E-state index in [0.29, 0.717) is 6.42 Å². The zero-order valence-corrected chi connectivity index (χ0v) is 11.4. The zero-order valence-electron chi connectivity index (χ0n) is 11.4. The molecule has 8 heteroatoms. The highest BCUT2D eigenvalue weighted by Crippen LogP contribution is 2.23. The van der Waals surface area contributed by atoms with Crippen molar-refractivity contribution >= 4 is 23.9 Å². The molecule has 0 aliphatic rings. The number of aliphatic carboxylic acids is 2. The Hall–Kier alpha value is -2.12. The first kappa shape index (κ1) is 17.9. The van der Waals surface area contributed by atoms with E-state index in [-0.39, 0.29) is 6.61 Å². The molecule has 0 heterocycles. The number of carboxylic acids is 2. The molecule has 2 N–H and O–H groups in total. The minimum Gasteiger partial charge on any atom is -0.481 e. The molecule has 0 radical (unpaired) electrons. The molecule has 0 fully saturated rings. The molecule has 0 aromatic rings. The van der Waals surface area contributed by atoms with Crippen LogP contribution in [0.5, 0.6) is 0 Å². The maximum Gasteiger partial charge on any atom is 0.349 e. The topological polar surface area (TPSA) is 127 Å². The van der Waals surface area contributed by atoms with Gasteiger partial charge in [0, 0.05) is 6.92 Å². The third kappa shape index (κ3) is 6.17. The van der Waals surface area contributed by atoms with Crippen molar-refractivity contribution in [1.29, 1.82) is 0 Å². The second-order valence-corrected chi connectivity index (χ2v) is 4.21. The predicted octanol–water partition coefficient (Wildman–Crippen LogP) is 0.581. The van der Waals surface area contributed by atoms with E-state index >= 15 is 0 Å². The summed E-state index contributed by atoms with van der Waals surface area (Å²) in [6.45, 7) is 2.90. The molecule has 0 aromatic heterocycles. The number of rotatable bonds is 9. The van der Waals surface area contributed by atoms with Crippen molar-refractivity contribution in [2.45, 2.75) is 45.1 Å². The Morgan fingerprint density at radius 2 is 1.70 bits per heavy atom. The molecule has 1 unspecified atom stereocenters. The number of carbonyl (C=O) groups excluding carboxylic acids is 2. The molecule has 0 spiro atoms. The largest absolute Gasteiger partial charge is 0.481 e. The molecule has 114 valence electrons. The lowest BCUT2D eigenvalue weighted by atomic mass is 9.95. The fourth-order valence-corrected chi connectivity index (χ4v) is 1.46. The zero-order chi connectivity index (χ0) is 15.8. The van der Waals surface area contributed by atoms with Gasteiger partial charge in [-0.25, -0.2) is 4.79 Å². The number of esters is 2. The molecule has 0 amide bonds.